The van der Waals surface area contributed by atoms with E-state index in [0.717, 1.165) is 51.2 Å². The number of likely N-dealkylation sites (N-methyl/N-ethyl adjacent to an activating group) is 1. The van der Waals surface area contributed by atoms with Gasteiger partial charge in [-0.25, -0.2) is 4.98 Å². The molecule has 2 aromatic heterocycles. The molecule has 0 atom stereocenters. The fourth-order valence-corrected chi connectivity index (χ4v) is 4.63. The van der Waals surface area contributed by atoms with Gasteiger partial charge < -0.3 is 14.3 Å². The molecule has 1 fully saturated rings. The lowest BCUT2D eigenvalue weighted by Gasteiger charge is -2.50. The highest BCUT2D eigenvalue weighted by atomic mass is 16.3. The molecule has 2 aliphatic heterocycles. The highest BCUT2D eigenvalue weighted by Gasteiger charge is 2.46. The summed E-state index contributed by atoms with van der Waals surface area (Å²) in [6.07, 6.45) is 4.71. The normalized spacial score (nSPS) is 20.0. The number of carbonyl (C=O) groups is 1. The number of furan rings is 1. The van der Waals surface area contributed by atoms with Crippen LogP contribution < -0.4 is 0 Å². The van der Waals surface area contributed by atoms with Crippen LogP contribution in [0.3, 0.4) is 0 Å². The van der Waals surface area contributed by atoms with Gasteiger partial charge in [-0.3, -0.25) is 9.69 Å². The highest BCUT2D eigenvalue weighted by molar-refractivity contribution is 5.95. The van der Waals surface area contributed by atoms with Gasteiger partial charge in [-0.15, -0.1) is 0 Å². The zero-order valence-corrected chi connectivity index (χ0v) is 15.3. The minimum atomic E-state index is -0.0273. The van der Waals surface area contributed by atoms with E-state index >= 15 is 0 Å². The second-order valence-electron chi connectivity index (χ2n) is 7.21. The lowest BCUT2D eigenvalue weighted by Crippen LogP contribution is -2.57. The van der Waals surface area contributed by atoms with Gasteiger partial charge in [0.1, 0.15) is 11.5 Å². The minimum absolute atomic E-state index is 0.0273. The van der Waals surface area contributed by atoms with Crippen molar-refractivity contribution in [2.75, 3.05) is 26.2 Å². The van der Waals surface area contributed by atoms with Gasteiger partial charge in [-0.05, 0) is 39.3 Å². The van der Waals surface area contributed by atoms with Crippen LogP contribution in [0.4, 0.5) is 0 Å². The maximum Gasteiger partial charge on any atom is 0.257 e. The molecular weight excluding hydrogens is 316 g/mol. The molecule has 4 heterocycles. The Morgan fingerprint density at radius 2 is 2.08 bits per heavy atom. The average molecular weight is 342 g/mol. The van der Waals surface area contributed by atoms with Crippen molar-refractivity contribution in [1.82, 2.24) is 19.8 Å². The number of amides is 1. The highest BCUT2D eigenvalue weighted by Crippen LogP contribution is 2.42. The van der Waals surface area contributed by atoms with Crippen LogP contribution in [0, 0.1) is 13.8 Å². The lowest BCUT2D eigenvalue weighted by atomic mass is 9.78. The van der Waals surface area contributed by atoms with Crippen LogP contribution in [0.25, 0.3) is 0 Å². The van der Waals surface area contributed by atoms with Gasteiger partial charge in [0.05, 0.1) is 23.1 Å². The van der Waals surface area contributed by atoms with E-state index in [2.05, 4.69) is 21.8 Å². The molecule has 0 bridgehead atoms. The molecule has 1 saturated heterocycles. The molecule has 1 amide bonds. The van der Waals surface area contributed by atoms with Crippen molar-refractivity contribution in [3.05, 3.63) is 40.9 Å². The number of aromatic amines is 1. The standard InChI is InChI=1S/C19H26N4O2/c1-4-23-8-5-16-17(21-12-20-16)19(23)6-9-22(10-7-19)18(24)15-11-13(2)25-14(15)3/h11-12H,4-10H2,1-3H3,(H,20,21). The largest absolute Gasteiger partial charge is 0.466 e. The number of rotatable bonds is 2. The number of likely N-dealkylation sites (tertiary alicyclic amines) is 1. The van der Waals surface area contributed by atoms with Gasteiger partial charge in [0, 0.05) is 31.7 Å². The second kappa shape index (κ2) is 6.02. The van der Waals surface area contributed by atoms with Crippen LogP contribution in [0.1, 0.15) is 53.0 Å². The smallest absolute Gasteiger partial charge is 0.257 e. The quantitative estimate of drug-likeness (QED) is 0.911. The zero-order chi connectivity index (χ0) is 17.6. The number of H-pyrrole nitrogens is 1. The summed E-state index contributed by atoms with van der Waals surface area (Å²) in [5, 5.41) is 0. The molecule has 0 saturated carbocycles. The number of piperidine rings is 1. The lowest BCUT2D eigenvalue weighted by molar-refractivity contribution is 0.0102. The third-order valence-corrected chi connectivity index (χ3v) is 5.93. The van der Waals surface area contributed by atoms with Crippen LogP contribution in [-0.2, 0) is 12.0 Å². The average Bonchev–Trinajstić information content (AvgIpc) is 3.22. The summed E-state index contributed by atoms with van der Waals surface area (Å²) in [6, 6.07) is 1.85. The molecule has 134 valence electrons. The Morgan fingerprint density at radius 3 is 2.72 bits per heavy atom. The van der Waals surface area contributed by atoms with Gasteiger partial charge in [0.25, 0.3) is 5.91 Å². The van der Waals surface area contributed by atoms with Gasteiger partial charge in [-0.2, -0.15) is 0 Å². The van der Waals surface area contributed by atoms with Crippen molar-refractivity contribution in [2.24, 2.45) is 0 Å². The van der Waals surface area contributed by atoms with Crippen molar-refractivity contribution >= 4 is 5.91 Å². The van der Waals surface area contributed by atoms with E-state index < -0.39 is 0 Å². The van der Waals surface area contributed by atoms with Gasteiger partial charge in [-0.1, -0.05) is 6.92 Å². The summed E-state index contributed by atoms with van der Waals surface area (Å²) in [5.74, 6) is 1.59. The molecule has 2 aliphatic rings. The number of hydrogen-bond donors (Lipinski definition) is 1. The van der Waals surface area contributed by atoms with Crippen LogP contribution in [-0.4, -0.2) is 51.9 Å². The number of carbonyl (C=O) groups excluding carboxylic acids is 1. The summed E-state index contributed by atoms with van der Waals surface area (Å²) in [6.45, 7) is 9.54. The fraction of sp³-hybridized carbons (Fsp3) is 0.579. The van der Waals surface area contributed by atoms with Gasteiger partial charge in [0.2, 0.25) is 0 Å². The van der Waals surface area contributed by atoms with E-state index in [4.69, 9.17) is 4.42 Å². The molecule has 6 nitrogen and oxygen atoms in total. The van der Waals surface area contributed by atoms with Crippen molar-refractivity contribution in [3.63, 3.8) is 0 Å². The van der Waals surface area contributed by atoms with E-state index in [-0.39, 0.29) is 11.4 Å². The third kappa shape index (κ3) is 2.51. The SMILES string of the molecule is CCN1CCc2[nH]cnc2C12CCN(C(=O)c1cc(C)oc1C)CC2. The first-order valence-electron chi connectivity index (χ1n) is 9.19. The first-order chi connectivity index (χ1) is 12.0. The Kier molecular flexibility index (Phi) is 3.95. The molecule has 0 unspecified atom stereocenters. The number of aromatic nitrogens is 2. The zero-order valence-electron chi connectivity index (χ0n) is 15.3. The van der Waals surface area contributed by atoms with Crippen molar-refractivity contribution in [1.29, 1.82) is 0 Å². The van der Waals surface area contributed by atoms with Crippen LogP contribution in [0.5, 0.6) is 0 Å². The van der Waals surface area contributed by atoms with E-state index in [9.17, 15) is 4.79 Å². The third-order valence-electron chi connectivity index (χ3n) is 5.93. The number of nitrogens with zero attached hydrogens (tertiary/aromatic N) is 3. The van der Waals surface area contributed by atoms with Crippen LogP contribution >= 0.6 is 0 Å². The summed E-state index contributed by atoms with van der Waals surface area (Å²) in [5.41, 5.74) is 3.14. The molecule has 0 aromatic carbocycles. The van der Waals surface area contributed by atoms with Crippen molar-refractivity contribution in [3.8, 4) is 0 Å². The molecule has 2 aromatic rings. The van der Waals surface area contributed by atoms with Crippen LogP contribution in [0.15, 0.2) is 16.8 Å². The molecular formula is C19H26N4O2. The first-order valence-corrected chi connectivity index (χ1v) is 9.19. The summed E-state index contributed by atoms with van der Waals surface area (Å²) in [4.78, 5) is 25.4. The van der Waals surface area contributed by atoms with E-state index in [1.165, 1.54) is 11.4 Å². The monoisotopic (exact) mass is 342 g/mol. The molecule has 6 heteroatoms. The Bertz CT molecular complexity index is 783. The number of aryl methyl sites for hydroxylation is 2. The predicted octanol–water partition coefficient (Wildman–Crippen LogP) is 2.63. The molecule has 1 spiro atoms. The fourth-order valence-electron chi connectivity index (χ4n) is 4.63. The van der Waals surface area contributed by atoms with E-state index in [0.29, 0.717) is 11.3 Å². The Morgan fingerprint density at radius 1 is 1.32 bits per heavy atom. The Balaban J connectivity index is 1.57. The second-order valence-corrected chi connectivity index (χ2v) is 7.21. The maximum atomic E-state index is 12.9. The maximum absolute atomic E-state index is 12.9. The number of nitrogens with one attached hydrogen (secondary N) is 1. The molecule has 4 rings (SSSR count). The molecule has 25 heavy (non-hydrogen) atoms. The minimum Gasteiger partial charge on any atom is -0.466 e. The Hall–Kier alpha value is -2.08. The summed E-state index contributed by atoms with van der Waals surface area (Å²) < 4.78 is 5.54. The first kappa shape index (κ1) is 16.4. The van der Waals surface area contributed by atoms with Crippen molar-refractivity contribution in [2.45, 2.75) is 45.6 Å². The number of fused-ring (bicyclic) bond motifs is 2. The summed E-state index contributed by atoms with van der Waals surface area (Å²) >= 11 is 0. The molecule has 0 radical (unpaired) electrons. The van der Waals surface area contributed by atoms with E-state index in [1.54, 1.807) is 0 Å². The molecule has 0 aliphatic carbocycles. The van der Waals surface area contributed by atoms with E-state index in [1.807, 2.05) is 31.1 Å². The predicted molar refractivity (Wildman–Crippen MR) is 94.5 cm³/mol. The van der Waals surface area contributed by atoms with Crippen molar-refractivity contribution < 1.29 is 9.21 Å². The van der Waals surface area contributed by atoms with Crippen LogP contribution in [0.2, 0.25) is 0 Å². The summed E-state index contributed by atoms with van der Waals surface area (Å²) in [7, 11) is 0. The Labute approximate surface area is 148 Å². The van der Waals surface area contributed by atoms with Gasteiger partial charge in [0.15, 0.2) is 0 Å². The number of imidazole rings is 1. The number of hydrogen-bond acceptors (Lipinski definition) is 4. The molecule has 1 N–H and O–H groups in total. The van der Waals surface area contributed by atoms with Gasteiger partial charge >= 0.3 is 0 Å². The topological polar surface area (TPSA) is 65.4 Å².